The number of alkyl halides is 3. The van der Waals surface area contributed by atoms with Crippen LogP contribution in [0.4, 0.5) is 18.9 Å². The molecule has 7 nitrogen and oxygen atoms in total. The molecule has 1 amide bonds. The van der Waals surface area contributed by atoms with Crippen LogP contribution in [0, 0.1) is 0 Å². The van der Waals surface area contributed by atoms with Gasteiger partial charge < -0.3 is 5.32 Å². The Labute approximate surface area is 219 Å². The Morgan fingerprint density at radius 3 is 2.43 bits per heavy atom. The number of para-hydroxylation sites is 1. The summed E-state index contributed by atoms with van der Waals surface area (Å²) in [5.74, 6) is -0.831. The van der Waals surface area contributed by atoms with Gasteiger partial charge in [0.2, 0.25) is 0 Å². The van der Waals surface area contributed by atoms with E-state index in [1.165, 1.54) is 36.7 Å². The molecule has 13 heteroatoms. The number of hydrogen-bond donors (Lipinski definition) is 2. The lowest BCUT2D eigenvalue weighted by Crippen LogP contribution is -2.28. The monoisotopic (exact) mass is 568 g/mol. The minimum absolute atomic E-state index is 0.0153. The van der Waals surface area contributed by atoms with Crippen molar-refractivity contribution in [3.05, 3.63) is 93.7 Å². The van der Waals surface area contributed by atoms with E-state index in [2.05, 4.69) is 20.0 Å². The van der Waals surface area contributed by atoms with Crippen LogP contribution in [0.3, 0.4) is 0 Å². The van der Waals surface area contributed by atoms with Crippen LogP contribution >= 0.6 is 23.2 Å². The van der Waals surface area contributed by atoms with E-state index in [1.807, 2.05) is 0 Å². The summed E-state index contributed by atoms with van der Waals surface area (Å²) in [6, 6.07) is 10.3. The maximum Gasteiger partial charge on any atom is 0.416 e. The molecule has 4 rings (SSSR count). The van der Waals surface area contributed by atoms with Crippen molar-refractivity contribution in [3.63, 3.8) is 0 Å². The number of carbonyl (C=O) groups is 1. The fourth-order valence-electron chi connectivity index (χ4n) is 3.59. The third-order valence-corrected chi connectivity index (χ3v) is 7.32. The molecule has 192 valence electrons. The predicted molar refractivity (Wildman–Crippen MR) is 134 cm³/mol. The number of rotatable bonds is 6. The van der Waals surface area contributed by atoms with Gasteiger partial charge >= 0.3 is 6.18 Å². The Morgan fingerprint density at radius 1 is 1.00 bits per heavy atom. The van der Waals surface area contributed by atoms with Crippen molar-refractivity contribution in [2.75, 3.05) is 4.72 Å². The van der Waals surface area contributed by atoms with Crippen LogP contribution in [0.2, 0.25) is 10.0 Å². The van der Waals surface area contributed by atoms with Crippen molar-refractivity contribution in [3.8, 4) is 0 Å². The first-order chi connectivity index (χ1) is 17.4. The molecule has 37 heavy (non-hydrogen) atoms. The van der Waals surface area contributed by atoms with E-state index < -0.39 is 39.4 Å². The number of nitrogens with zero attached hydrogens (tertiary/aromatic N) is 2. The van der Waals surface area contributed by atoms with E-state index >= 15 is 0 Å². The van der Waals surface area contributed by atoms with Crippen LogP contribution in [-0.2, 0) is 16.2 Å². The summed E-state index contributed by atoms with van der Waals surface area (Å²) in [5.41, 5.74) is -1.26. The molecule has 0 saturated carbocycles. The molecule has 1 atom stereocenters. The van der Waals surface area contributed by atoms with E-state index in [1.54, 1.807) is 19.1 Å². The molecule has 0 aliphatic carbocycles. The molecule has 4 aromatic rings. The molecule has 3 aromatic carbocycles. The highest BCUT2D eigenvalue weighted by Crippen LogP contribution is 2.34. The lowest BCUT2D eigenvalue weighted by Gasteiger charge is -2.19. The summed E-state index contributed by atoms with van der Waals surface area (Å²) < 4.78 is 69.0. The third kappa shape index (κ3) is 5.79. The van der Waals surface area contributed by atoms with Crippen LogP contribution in [-0.4, -0.2) is 24.3 Å². The normalized spacial score (nSPS) is 12.8. The molecule has 0 spiro atoms. The highest BCUT2D eigenvalue weighted by atomic mass is 35.5. The van der Waals surface area contributed by atoms with Crippen molar-refractivity contribution in [1.82, 2.24) is 15.3 Å². The molecule has 1 heterocycles. The van der Waals surface area contributed by atoms with Gasteiger partial charge in [0.15, 0.2) is 0 Å². The van der Waals surface area contributed by atoms with E-state index in [9.17, 15) is 26.4 Å². The van der Waals surface area contributed by atoms with Gasteiger partial charge in [0.1, 0.15) is 10.4 Å². The molecule has 0 aliphatic heterocycles. The molecular weight excluding hydrogens is 552 g/mol. The standard InChI is InChI=1S/C24H17Cl2F3N4O3S/c1-13(16-8-6-15(25)12-18(16)26)32-23(34)17-7-5-14(24(27,28)29)11-20(17)33-37(35,36)21-4-2-3-19-22(21)31-10-9-30-19/h2-13,33H,1H3,(H,32,34)/t13-/m1/s1. The van der Waals surface area contributed by atoms with Gasteiger partial charge in [0.25, 0.3) is 15.9 Å². The number of sulfonamides is 1. The maximum absolute atomic E-state index is 13.5. The van der Waals surface area contributed by atoms with Crippen LogP contribution in [0.15, 0.2) is 71.9 Å². The van der Waals surface area contributed by atoms with Gasteiger partial charge in [0.05, 0.1) is 28.4 Å². The number of fused-ring (bicyclic) bond motifs is 1. The van der Waals surface area contributed by atoms with E-state index in [0.717, 1.165) is 6.07 Å². The lowest BCUT2D eigenvalue weighted by molar-refractivity contribution is -0.137. The largest absolute Gasteiger partial charge is 0.416 e. The van der Waals surface area contributed by atoms with Crippen molar-refractivity contribution in [2.24, 2.45) is 0 Å². The summed E-state index contributed by atoms with van der Waals surface area (Å²) in [4.78, 5) is 20.9. The van der Waals surface area contributed by atoms with Crippen LogP contribution in [0.1, 0.15) is 34.5 Å². The Kier molecular flexibility index (Phi) is 7.31. The number of benzene rings is 3. The van der Waals surface area contributed by atoms with Gasteiger partial charge in [-0.25, -0.2) is 8.42 Å². The number of amides is 1. The summed E-state index contributed by atoms with van der Waals surface area (Å²) in [6.07, 6.45) is -2.13. The zero-order valence-corrected chi connectivity index (χ0v) is 21.2. The van der Waals surface area contributed by atoms with Crippen LogP contribution < -0.4 is 10.0 Å². The molecule has 2 N–H and O–H groups in total. The molecule has 1 aromatic heterocycles. The predicted octanol–water partition coefficient (Wildman–Crippen LogP) is 6.25. The summed E-state index contributed by atoms with van der Waals surface area (Å²) in [6.45, 7) is 1.61. The number of aromatic nitrogens is 2. The Balaban J connectivity index is 1.73. The molecule has 0 unspecified atom stereocenters. The molecular formula is C24H17Cl2F3N4O3S. The fourth-order valence-corrected chi connectivity index (χ4v) is 5.40. The average molecular weight is 569 g/mol. The minimum Gasteiger partial charge on any atom is -0.345 e. The highest BCUT2D eigenvalue weighted by Gasteiger charge is 2.33. The molecule has 0 fully saturated rings. The quantitative estimate of drug-likeness (QED) is 0.286. The number of anilines is 1. The highest BCUT2D eigenvalue weighted by molar-refractivity contribution is 7.93. The van der Waals surface area contributed by atoms with Gasteiger partial charge in [-0.3, -0.25) is 19.5 Å². The van der Waals surface area contributed by atoms with Gasteiger partial charge in [-0.05, 0) is 55.0 Å². The van der Waals surface area contributed by atoms with E-state index in [0.29, 0.717) is 22.7 Å². The van der Waals surface area contributed by atoms with Gasteiger partial charge in [0, 0.05) is 22.4 Å². The zero-order valence-electron chi connectivity index (χ0n) is 18.8. The fraction of sp³-hybridized carbons (Fsp3) is 0.125. The SMILES string of the molecule is C[C@@H](NC(=O)c1ccc(C(F)(F)F)cc1NS(=O)(=O)c1cccc2nccnc12)c1ccc(Cl)cc1Cl. The second kappa shape index (κ2) is 10.2. The average Bonchev–Trinajstić information content (AvgIpc) is 2.82. The van der Waals surface area contributed by atoms with Crippen LogP contribution in [0.25, 0.3) is 11.0 Å². The van der Waals surface area contributed by atoms with Crippen molar-refractivity contribution >= 4 is 55.9 Å². The maximum atomic E-state index is 13.5. The molecule has 0 bridgehead atoms. The van der Waals surface area contributed by atoms with Crippen LogP contribution in [0.5, 0.6) is 0 Å². The summed E-state index contributed by atoms with van der Waals surface area (Å²) in [7, 11) is -4.49. The first kappa shape index (κ1) is 26.6. The Bertz CT molecular complexity index is 1610. The minimum atomic E-state index is -4.79. The van der Waals surface area contributed by atoms with E-state index in [-0.39, 0.29) is 26.5 Å². The number of nitrogens with one attached hydrogen (secondary N) is 2. The number of hydrogen-bond acceptors (Lipinski definition) is 5. The third-order valence-electron chi connectivity index (χ3n) is 5.36. The Morgan fingerprint density at radius 2 is 1.73 bits per heavy atom. The molecule has 0 radical (unpaired) electrons. The van der Waals surface area contributed by atoms with Gasteiger partial charge in [-0.1, -0.05) is 35.3 Å². The van der Waals surface area contributed by atoms with Crippen molar-refractivity contribution < 1.29 is 26.4 Å². The summed E-state index contributed by atoms with van der Waals surface area (Å²) in [5, 5.41) is 3.27. The number of carbonyl (C=O) groups excluding carboxylic acids is 1. The first-order valence-electron chi connectivity index (χ1n) is 10.6. The second-order valence-corrected chi connectivity index (χ2v) is 10.4. The van der Waals surface area contributed by atoms with Crippen molar-refractivity contribution in [2.45, 2.75) is 24.0 Å². The van der Waals surface area contributed by atoms with Gasteiger partial charge in [-0.15, -0.1) is 0 Å². The van der Waals surface area contributed by atoms with E-state index in [4.69, 9.17) is 23.2 Å². The topological polar surface area (TPSA) is 101 Å². The number of halogens is 5. The molecule has 0 saturated heterocycles. The zero-order chi connectivity index (χ0) is 27.0. The Hall–Kier alpha value is -3.41. The smallest absolute Gasteiger partial charge is 0.345 e. The first-order valence-corrected chi connectivity index (χ1v) is 12.8. The summed E-state index contributed by atoms with van der Waals surface area (Å²) >= 11 is 12.1. The second-order valence-electron chi connectivity index (χ2n) is 7.90. The van der Waals surface area contributed by atoms with Gasteiger partial charge in [-0.2, -0.15) is 13.2 Å². The lowest BCUT2D eigenvalue weighted by atomic mass is 10.1. The molecule has 0 aliphatic rings. The van der Waals surface area contributed by atoms with Crippen molar-refractivity contribution in [1.29, 1.82) is 0 Å².